The minimum Gasteiger partial charge on any atom is -0.320 e. The summed E-state index contributed by atoms with van der Waals surface area (Å²) in [6.45, 7) is 6.65. The van der Waals surface area contributed by atoms with Crippen molar-refractivity contribution < 1.29 is 0 Å². The van der Waals surface area contributed by atoms with Crippen molar-refractivity contribution in [1.82, 2.24) is 0 Å². The zero-order valence-corrected chi connectivity index (χ0v) is 15.2. The fraction of sp³-hybridized carbons (Fsp3) is 0.333. The van der Waals surface area contributed by atoms with Crippen LogP contribution in [-0.2, 0) is 5.41 Å². The Morgan fingerprint density at radius 1 is 1.11 bits per heavy atom. The van der Waals surface area contributed by atoms with Gasteiger partial charge in [0.15, 0.2) is 0 Å². The summed E-state index contributed by atoms with van der Waals surface area (Å²) in [7, 11) is 0. The molecule has 2 aromatic rings. The highest BCUT2D eigenvalue weighted by Gasteiger charge is 2.16. The molecule has 0 fully saturated rings. The average Bonchev–Trinajstić information content (AvgIpc) is 2.68. The molecule has 1 nitrogen and oxygen atoms in total. The molecule has 1 unspecified atom stereocenters. The number of hydrogen-bond acceptors (Lipinski definition) is 2. The summed E-state index contributed by atoms with van der Waals surface area (Å²) in [5.41, 5.74) is 8.98. The zero-order valence-electron chi connectivity index (χ0n) is 11.2. The Morgan fingerprint density at radius 2 is 1.68 bits per heavy atom. The fourth-order valence-corrected chi connectivity index (χ4v) is 3.99. The van der Waals surface area contributed by atoms with E-state index >= 15 is 0 Å². The van der Waals surface area contributed by atoms with Gasteiger partial charge in [-0.1, -0.05) is 45.0 Å². The molecule has 102 valence electrons. The van der Waals surface area contributed by atoms with Gasteiger partial charge >= 0.3 is 0 Å². The highest BCUT2D eigenvalue weighted by Crippen LogP contribution is 2.37. The van der Waals surface area contributed by atoms with Crippen LogP contribution in [0.15, 0.2) is 38.6 Å². The Balaban J connectivity index is 2.27. The molecule has 4 heteroatoms. The minimum absolute atomic E-state index is 0.0679. The maximum atomic E-state index is 6.33. The van der Waals surface area contributed by atoms with Crippen LogP contribution in [0.4, 0.5) is 0 Å². The van der Waals surface area contributed by atoms with E-state index in [2.05, 4.69) is 83.0 Å². The SMILES string of the molecule is CC(C)(C)c1ccc(C(N)c2cc(Br)c(Br)s2)cc1. The minimum atomic E-state index is -0.0679. The monoisotopic (exact) mass is 401 g/mol. The number of rotatable bonds is 2. The number of halogens is 2. The van der Waals surface area contributed by atoms with E-state index in [1.165, 1.54) is 5.56 Å². The second-order valence-corrected chi connectivity index (χ2v) is 8.88. The van der Waals surface area contributed by atoms with Crippen molar-refractivity contribution in [3.8, 4) is 0 Å². The van der Waals surface area contributed by atoms with Crippen molar-refractivity contribution in [3.63, 3.8) is 0 Å². The molecule has 2 rings (SSSR count). The van der Waals surface area contributed by atoms with Gasteiger partial charge in [0.1, 0.15) is 0 Å². The van der Waals surface area contributed by atoms with Crippen LogP contribution >= 0.6 is 43.2 Å². The van der Waals surface area contributed by atoms with Gasteiger partial charge in [-0.3, -0.25) is 0 Å². The van der Waals surface area contributed by atoms with Crippen LogP contribution in [-0.4, -0.2) is 0 Å². The summed E-state index contributed by atoms with van der Waals surface area (Å²) in [6.07, 6.45) is 0. The first-order valence-electron chi connectivity index (χ1n) is 6.10. The Bertz CT molecular complexity index is 547. The quantitative estimate of drug-likeness (QED) is 0.692. The summed E-state index contributed by atoms with van der Waals surface area (Å²) < 4.78 is 2.15. The number of hydrogen-bond donors (Lipinski definition) is 1. The first kappa shape index (κ1) is 15.2. The van der Waals surface area contributed by atoms with Gasteiger partial charge in [-0.25, -0.2) is 0 Å². The van der Waals surface area contributed by atoms with E-state index in [0.717, 1.165) is 18.7 Å². The molecule has 19 heavy (non-hydrogen) atoms. The lowest BCUT2D eigenvalue weighted by molar-refractivity contribution is 0.590. The van der Waals surface area contributed by atoms with Crippen molar-refractivity contribution in [1.29, 1.82) is 0 Å². The van der Waals surface area contributed by atoms with Crippen LogP contribution in [0.25, 0.3) is 0 Å². The van der Waals surface area contributed by atoms with E-state index in [0.29, 0.717) is 0 Å². The summed E-state index contributed by atoms with van der Waals surface area (Å²) in [5, 5.41) is 0. The lowest BCUT2D eigenvalue weighted by Gasteiger charge is -2.20. The first-order chi connectivity index (χ1) is 8.79. The van der Waals surface area contributed by atoms with Gasteiger partial charge in [0.05, 0.1) is 9.83 Å². The number of benzene rings is 1. The Kier molecular flexibility index (Phi) is 4.56. The molecule has 2 N–H and O–H groups in total. The van der Waals surface area contributed by atoms with Crippen LogP contribution in [0.1, 0.15) is 42.8 Å². The maximum Gasteiger partial charge on any atom is 0.0843 e. The second kappa shape index (κ2) is 5.68. The van der Waals surface area contributed by atoms with Gasteiger partial charge in [-0.15, -0.1) is 11.3 Å². The van der Waals surface area contributed by atoms with E-state index in [4.69, 9.17) is 5.73 Å². The largest absolute Gasteiger partial charge is 0.320 e. The summed E-state index contributed by atoms with van der Waals surface area (Å²) in [4.78, 5) is 1.15. The van der Waals surface area contributed by atoms with Crippen molar-refractivity contribution in [2.45, 2.75) is 32.2 Å². The number of thiophene rings is 1. The predicted molar refractivity (Wildman–Crippen MR) is 90.9 cm³/mol. The predicted octanol–water partition coefficient (Wildman–Crippen LogP) is 5.62. The van der Waals surface area contributed by atoms with Crippen LogP contribution in [0.5, 0.6) is 0 Å². The topological polar surface area (TPSA) is 26.0 Å². The summed E-state index contributed by atoms with van der Waals surface area (Å²) in [6, 6.07) is 10.6. The molecule has 0 aliphatic heterocycles. The highest BCUT2D eigenvalue weighted by molar-refractivity contribution is 9.13. The molecular weight excluding hydrogens is 386 g/mol. The van der Waals surface area contributed by atoms with Gasteiger partial charge in [0.25, 0.3) is 0 Å². The lowest BCUT2D eigenvalue weighted by Crippen LogP contribution is -2.13. The van der Waals surface area contributed by atoms with Crippen LogP contribution in [0.3, 0.4) is 0 Å². The second-order valence-electron chi connectivity index (χ2n) is 5.62. The van der Waals surface area contributed by atoms with Crippen molar-refractivity contribution in [3.05, 3.63) is 54.6 Å². The number of nitrogens with two attached hydrogens (primary N) is 1. The standard InChI is InChI=1S/C15H17Br2NS/c1-15(2,3)10-6-4-9(5-7-10)13(18)12-8-11(16)14(17)19-12/h4-8,13H,18H2,1-3H3. The molecule has 0 saturated carbocycles. The molecule has 1 aromatic carbocycles. The van der Waals surface area contributed by atoms with Crippen molar-refractivity contribution >= 4 is 43.2 Å². The first-order valence-corrected chi connectivity index (χ1v) is 8.50. The molecule has 1 aromatic heterocycles. The van der Waals surface area contributed by atoms with Gasteiger partial charge in [0, 0.05) is 9.35 Å². The van der Waals surface area contributed by atoms with E-state index < -0.39 is 0 Å². The normalized spacial score (nSPS) is 13.6. The highest BCUT2D eigenvalue weighted by atomic mass is 79.9. The van der Waals surface area contributed by atoms with E-state index in [1.807, 2.05) is 0 Å². The maximum absolute atomic E-state index is 6.33. The van der Waals surface area contributed by atoms with E-state index in [-0.39, 0.29) is 11.5 Å². The average molecular weight is 403 g/mol. The molecule has 0 aliphatic rings. The van der Waals surface area contributed by atoms with Crippen molar-refractivity contribution in [2.75, 3.05) is 0 Å². The molecule has 0 bridgehead atoms. The third-order valence-electron chi connectivity index (χ3n) is 3.11. The lowest BCUT2D eigenvalue weighted by atomic mass is 9.86. The van der Waals surface area contributed by atoms with Gasteiger partial charge < -0.3 is 5.73 Å². The van der Waals surface area contributed by atoms with Crippen LogP contribution in [0, 0.1) is 0 Å². The van der Waals surface area contributed by atoms with Gasteiger partial charge in [-0.05, 0) is 54.5 Å². The summed E-state index contributed by atoms with van der Waals surface area (Å²) >= 11 is 8.69. The van der Waals surface area contributed by atoms with Crippen LogP contribution < -0.4 is 5.73 Å². The van der Waals surface area contributed by atoms with Crippen molar-refractivity contribution in [2.24, 2.45) is 5.73 Å². The molecule has 0 radical (unpaired) electrons. The zero-order chi connectivity index (χ0) is 14.2. The molecule has 0 spiro atoms. The Labute approximate surface area is 135 Å². The third-order valence-corrected chi connectivity index (χ3v) is 6.45. The van der Waals surface area contributed by atoms with Gasteiger partial charge in [0.2, 0.25) is 0 Å². The molecule has 0 amide bonds. The molecule has 0 aliphatic carbocycles. The Hall–Kier alpha value is -0.160. The Morgan fingerprint density at radius 3 is 2.11 bits per heavy atom. The molecule has 1 atom stereocenters. The summed E-state index contributed by atoms with van der Waals surface area (Å²) in [5.74, 6) is 0. The van der Waals surface area contributed by atoms with E-state index in [9.17, 15) is 0 Å². The van der Waals surface area contributed by atoms with Gasteiger partial charge in [-0.2, -0.15) is 0 Å². The van der Waals surface area contributed by atoms with Crippen LogP contribution in [0.2, 0.25) is 0 Å². The molecule has 0 saturated heterocycles. The molecular formula is C15H17Br2NS. The molecule has 1 heterocycles. The van der Waals surface area contributed by atoms with E-state index in [1.54, 1.807) is 11.3 Å². The smallest absolute Gasteiger partial charge is 0.0843 e. The third kappa shape index (κ3) is 3.48. The fourth-order valence-electron chi connectivity index (χ4n) is 1.87.